The fourth-order valence-electron chi connectivity index (χ4n) is 2.59. The third-order valence-electron chi connectivity index (χ3n) is 3.65. The van der Waals surface area contributed by atoms with Gasteiger partial charge >= 0.3 is 5.97 Å². The maximum Gasteiger partial charge on any atom is 0.306 e. The number of rotatable bonds is 5. The van der Waals surface area contributed by atoms with Crippen LogP contribution in [0, 0.1) is 0 Å². The first-order valence-electron chi connectivity index (χ1n) is 8.04. The molecule has 0 aliphatic heterocycles. The second-order valence-corrected chi connectivity index (χ2v) is 6.86. The topological polar surface area (TPSA) is 66.8 Å². The first-order valence-corrected chi connectivity index (χ1v) is 8.04. The van der Waals surface area contributed by atoms with E-state index in [4.69, 9.17) is 4.74 Å². The highest BCUT2D eigenvalue weighted by Crippen LogP contribution is 2.31. The third-order valence-corrected chi connectivity index (χ3v) is 3.65. The molecule has 2 aromatic rings. The van der Waals surface area contributed by atoms with E-state index in [1.807, 2.05) is 45.0 Å². The van der Waals surface area contributed by atoms with Gasteiger partial charge in [0.15, 0.2) is 0 Å². The molecule has 0 saturated heterocycles. The summed E-state index contributed by atoms with van der Waals surface area (Å²) in [6, 6.07) is 13.9. The summed E-state index contributed by atoms with van der Waals surface area (Å²) in [5, 5.41) is 19.0. The number of phenols is 2. The molecule has 0 fully saturated rings. The van der Waals surface area contributed by atoms with Crippen molar-refractivity contribution in [1.29, 1.82) is 0 Å². The molecule has 24 heavy (non-hydrogen) atoms. The highest BCUT2D eigenvalue weighted by atomic mass is 16.6. The van der Waals surface area contributed by atoms with E-state index in [2.05, 4.69) is 0 Å². The Labute approximate surface area is 142 Å². The Morgan fingerprint density at radius 2 is 1.33 bits per heavy atom. The molecular weight excluding hydrogens is 304 g/mol. The van der Waals surface area contributed by atoms with Crippen molar-refractivity contribution >= 4 is 5.97 Å². The van der Waals surface area contributed by atoms with Gasteiger partial charge in [0.25, 0.3) is 0 Å². The molecule has 0 saturated carbocycles. The molecule has 0 atom stereocenters. The van der Waals surface area contributed by atoms with E-state index in [-0.39, 0.29) is 23.4 Å². The van der Waals surface area contributed by atoms with Crippen molar-refractivity contribution in [3.05, 3.63) is 59.7 Å². The molecule has 2 rings (SSSR count). The Bertz CT molecular complexity index is 621. The highest BCUT2D eigenvalue weighted by molar-refractivity contribution is 5.70. The molecule has 0 heterocycles. The Kier molecular flexibility index (Phi) is 5.50. The lowest BCUT2D eigenvalue weighted by Crippen LogP contribution is -2.24. The smallest absolute Gasteiger partial charge is 0.306 e. The molecule has 4 heteroatoms. The van der Waals surface area contributed by atoms with Crippen LogP contribution in [-0.2, 0) is 9.53 Å². The number of benzene rings is 2. The summed E-state index contributed by atoms with van der Waals surface area (Å²) >= 11 is 0. The minimum absolute atomic E-state index is 0.0151. The summed E-state index contributed by atoms with van der Waals surface area (Å²) in [7, 11) is 0. The molecule has 2 aromatic carbocycles. The maximum absolute atomic E-state index is 12.0. The number of aromatic hydroxyl groups is 2. The molecular formula is C20H24O4. The number of phenolic OH excluding ortho intramolecular Hbond substituents is 2. The lowest BCUT2D eigenvalue weighted by molar-refractivity contribution is -0.154. The number of hydrogen-bond acceptors (Lipinski definition) is 4. The molecule has 0 spiro atoms. The molecule has 4 nitrogen and oxygen atoms in total. The summed E-state index contributed by atoms with van der Waals surface area (Å²) in [5.41, 5.74) is 1.51. The second-order valence-electron chi connectivity index (χ2n) is 6.86. The molecule has 0 radical (unpaired) electrons. The van der Waals surface area contributed by atoms with E-state index in [0.717, 1.165) is 11.1 Å². The van der Waals surface area contributed by atoms with Crippen molar-refractivity contribution in [2.45, 2.75) is 45.1 Å². The van der Waals surface area contributed by atoms with Crippen LogP contribution in [-0.4, -0.2) is 21.8 Å². The summed E-state index contributed by atoms with van der Waals surface area (Å²) in [4.78, 5) is 12.0. The van der Waals surface area contributed by atoms with Gasteiger partial charge in [-0.25, -0.2) is 0 Å². The van der Waals surface area contributed by atoms with Crippen molar-refractivity contribution < 1.29 is 19.7 Å². The van der Waals surface area contributed by atoms with Gasteiger partial charge in [0.1, 0.15) is 17.1 Å². The van der Waals surface area contributed by atoms with Crippen molar-refractivity contribution in [3.8, 4) is 11.5 Å². The standard InChI is InChI=1S/C20H24O4/c1-20(2,3)24-19(23)13-12-18(14-4-8-16(21)9-5-14)15-6-10-17(22)11-7-15/h4-11,18,21-22H,12-13H2,1-3H3. The number of hydrogen-bond donors (Lipinski definition) is 2. The number of carbonyl (C=O) groups is 1. The molecule has 2 N–H and O–H groups in total. The molecule has 0 unspecified atom stereocenters. The molecule has 0 aliphatic carbocycles. The first-order chi connectivity index (χ1) is 11.2. The van der Waals surface area contributed by atoms with Crippen LogP contribution in [0.1, 0.15) is 50.7 Å². The van der Waals surface area contributed by atoms with Crippen molar-refractivity contribution in [2.24, 2.45) is 0 Å². The molecule has 0 amide bonds. The number of carbonyl (C=O) groups excluding carboxylic acids is 1. The average molecular weight is 328 g/mol. The Hall–Kier alpha value is -2.49. The van der Waals surface area contributed by atoms with Gasteiger partial charge in [-0.05, 0) is 62.6 Å². The zero-order valence-electron chi connectivity index (χ0n) is 14.3. The van der Waals surface area contributed by atoms with Gasteiger partial charge in [0.05, 0.1) is 0 Å². The first kappa shape index (κ1) is 17.9. The van der Waals surface area contributed by atoms with Crippen LogP contribution in [0.2, 0.25) is 0 Å². The van der Waals surface area contributed by atoms with Crippen LogP contribution in [0.5, 0.6) is 11.5 Å². The normalized spacial score (nSPS) is 11.5. The molecule has 0 bridgehead atoms. The van der Waals surface area contributed by atoms with E-state index in [9.17, 15) is 15.0 Å². The van der Waals surface area contributed by atoms with Crippen LogP contribution < -0.4 is 0 Å². The Morgan fingerprint density at radius 3 is 1.71 bits per heavy atom. The zero-order chi connectivity index (χ0) is 17.7. The number of esters is 1. The lowest BCUT2D eigenvalue weighted by Gasteiger charge is -2.22. The van der Waals surface area contributed by atoms with Gasteiger partial charge in [-0.1, -0.05) is 24.3 Å². The van der Waals surface area contributed by atoms with Crippen LogP contribution >= 0.6 is 0 Å². The second kappa shape index (κ2) is 7.39. The highest BCUT2D eigenvalue weighted by Gasteiger charge is 2.20. The monoisotopic (exact) mass is 328 g/mol. The third kappa shape index (κ3) is 5.30. The van der Waals surface area contributed by atoms with Crippen LogP contribution in [0.3, 0.4) is 0 Å². The van der Waals surface area contributed by atoms with E-state index >= 15 is 0 Å². The molecule has 0 aromatic heterocycles. The fourth-order valence-corrected chi connectivity index (χ4v) is 2.59. The van der Waals surface area contributed by atoms with Gasteiger partial charge in [-0.3, -0.25) is 4.79 Å². The quantitative estimate of drug-likeness (QED) is 0.801. The van der Waals surface area contributed by atoms with Crippen LogP contribution in [0.25, 0.3) is 0 Å². The van der Waals surface area contributed by atoms with E-state index in [1.54, 1.807) is 24.3 Å². The SMILES string of the molecule is CC(C)(C)OC(=O)CCC(c1ccc(O)cc1)c1ccc(O)cc1. The average Bonchev–Trinajstić information content (AvgIpc) is 2.49. The molecule has 128 valence electrons. The number of ether oxygens (including phenoxy) is 1. The summed E-state index contributed by atoms with van der Waals surface area (Å²) in [5.74, 6) is 0.162. The van der Waals surface area contributed by atoms with Crippen molar-refractivity contribution in [2.75, 3.05) is 0 Å². The minimum atomic E-state index is -0.496. The van der Waals surface area contributed by atoms with E-state index in [1.165, 1.54) is 0 Å². The summed E-state index contributed by atoms with van der Waals surface area (Å²) in [6.07, 6.45) is 0.883. The summed E-state index contributed by atoms with van der Waals surface area (Å²) in [6.45, 7) is 5.55. The minimum Gasteiger partial charge on any atom is -0.508 e. The van der Waals surface area contributed by atoms with Gasteiger partial charge < -0.3 is 14.9 Å². The van der Waals surface area contributed by atoms with Crippen LogP contribution in [0.15, 0.2) is 48.5 Å². The van der Waals surface area contributed by atoms with Gasteiger partial charge in [0.2, 0.25) is 0 Å². The van der Waals surface area contributed by atoms with Gasteiger partial charge in [-0.15, -0.1) is 0 Å². The van der Waals surface area contributed by atoms with Crippen molar-refractivity contribution in [3.63, 3.8) is 0 Å². The lowest BCUT2D eigenvalue weighted by atomic mass is 9.87. The van der Waals surface area contributed by atoms with Crippen molar-refractivity contribution in [1.82, 2.24) is 0 Å². The largest absolute Gasteiger partial charge is 0.508 e. The Morgan fingerprint density at radius 1 is 0.917 bits per heavy atom. The Balaban J connectivity index is 2.18. The predicted molar refractivity (Wildman–Crippen MR) is 93.1 cm³/mol. The zero-order valence-corrected chi connectivity index (χ0v) is 14.3. The summed E-state index contributed by atoms with van der Waals surface area (Å²) < 4.78 is 5.38. The van der Waals surface area contributed by atoms with Crippen LogP contribution in [0.4, 0.5) is 0 Å². The van der Waals surface area contributed by atoms with Gasteiger partial charge in [0, 0.05) is 12.3 Å². The van der Waals surface area contributed by atoms with E-state index < -0.39 is 5.60 Å². The predicted octanol–water partition coefficient (Wildman–Crippen LogP) is 4.35. The van der Waals surface area contributed by atoms with E-state index in [0.29, 0.717) is 12.8 Å². The molecule has 0 aliphatic rings. The van der Waals surface area contributed by atoms with Gasteiger partial charge in [-0.2, -0.15) is 0 Å². The maximum atomic E-state index is 12.0. The fraction of sp³-hybridized carbons (Fsp3) is 0.350.